The minimum atomic E-state index is -0.0722. The zero-order valence-electron chi connectivity index (χ0n) is 7.94. The number of aliphatic hydroxyl groups is 1. The third-order valence-corrected chi connectivity index (χ3v) is 1.89. The largest absolute Gasteiger partial charge is 0.394 e. The van der Waals surface area contributed by atoms with Gasteiger partial charge in [0.1, 0.15) is 23.8 Å². The van der Waals surface area contributed by atoms with Crippen LogP contribution in [0.5, 0.6) is 0 Å². The van der Waals surface area contributed by atoms with Crippen molar-refractivity contribution >= 4 is 5.82 Å². The highest BCUT2D eigenvalue weighted by molar-refractivity contribution is 5.50. The lowest BCUT2D eigenvalue weighted by Gasteiger charge is -2.14. The number of nitrogens with one attached hydrogen (secondary N) is 1. The van der Waals surface area contributed by atoms with Crippen LogP contribution in [0.2, 0.25) is 0 Å². The van der Waals surface area contributed by atoms with Gasteiger partial charge >= 0.3 is 0 Å². The van der Waals surface area contributed by atoms with E-state index in [0.717, 1.165) is 6.42 Å². The molecule has 0 fully saturated rings. The zero-order valence-corrected chi connectivity index (χ0v) is 7.94. The summed E-state index contributed by atoms with van der Waals surface area (Å²) in [5.41, 5.74) is 0.388. The Morgan fingerprint density at radius 3 is 3.07 bits per heavy atom. The van der Waals surface area contributed by atoms with Gasteiger partial charge in [-0.3, -0.25) is 0 Å². The summed E-state index contributed by atoms with van der Waals surface area (Å²) >= 11 is 0. The second kappa shape index (κ2) is 5.14. The SMILES string of the molecule is CCC(CO)Nc1ncncc1C#N. The molecule has 74 valence electrons. The molecule has 0 radical (unpaired) electrons. The van der Waals surface area contributed by atoms with Gasteiger partial charge in [0.15, 0.2) is 0 Å². The molecule has 1 aromatic rings. The van der Waals surface area contributed by atoms with Crippen molar-refractivity contribution in [2.24, 2.45) is 0 Å². The molecule has 0 saturated carbocycles. The number of anilines is 1. The van der Waals surface area contributed by atoms with E-state index in [1.54, 1.807) is 0 Å². The summed E-state index contributed by atoms with van der Waals surface area (Å²) in [7, 11) is 0. The fourth-order valence-electron chi connectivity index (χ4n) is 0.997. The Labute approximate surface area is 82.4 Å². The van der Waals surface area contributed by atoms with E-state index in [4.69, 9.17) is 10.4 Å². The molecule has 0 aliphatic heterocycles. The lowest BCUT2D eigenvalue weighted by Crippen LogP contribution is -2.23. The predicted molar refractivity (Wildman–Crippen MR) is 51.5 cm³/mol. The fraction of sp³-hybridized carbons (Fsp3) is 0.444. The molecule has 0 bridgehead atoms. The van der Waals surface area contributed by atoms with Crippen LogP contribution in [0.25, 0.3) is 0 Å². The quantitative estimate of drug-likeness (QED) is 0.727. The summed E-state index contributed by atoms with van der Waals surface area (Å²) in [4.78, 5) is 7.67. The lowest BCUT2D eigenvalue weighted by molar-refractivity contribution is 0.271. The minimum Gasteiger partial charge on any atom is -0.394 e. The summed E-state index contributed by atoms with van der Waals surface area (Å²) in [6.45, 7) is 1.96. The molecule has 0 aliphatic carbocycles. The number of rotatable bonds is 4. The molecule has 14 heavy (non-hydrogen) atoms. The van der Waals surface area contributed by atoms with E-state index < -0.39 is 0 Å². The third kappa shape index (κ3) is 2.41. The Kier molecular flexibility index (Phi) is 3.83. The van der Waals surface area contributed by atoms with Gasteiger partial charge in [0.2, 0.25) is 0 Å². The Hall–Kier alpha value is -1.67. The second-order valence-electron chi connectivity index (χ2n) is 2.83. The van der Waals surface area contributed by atoms with E-state index in [2.05, 4.69) is 15.3 Å². The van der Waals surface area contributed by atoms with Gasteiger partial charge in [-0.1, -0.05) is 6.92 Å². The van der Waals surface area contributed by atoms with Crippen LogP contribution in [0.15, 0.2) is 12.5 Å². The molecule has 5 nitrogen and oxygen atoms in total. The maximum atomic E-state index is 8.96. The fourth-order valence-corrected chi connectivity index (χ4v) is 0.997. The van der Waals surface area contributed by atoms with Gasteiger partial charge in [-0.05, 0) is 6.42 Å². The Balaban J connectivity index is 2.80. The van der Waals surface area contributed by atoms with E-state index in [0.29, 0.717) is 11.4 Å². The number of aromatic nitrogens is 2. The Morgan fingerprint density at radius 2 is 2.50 bits per heavy atom. The number of hydrogen-bond acceptors (Lipinski definition) is 5. The van der Waals surface area contributed by atoms with Crippen LogP contribution in [0, 0.1) is 11.3 Å². The predicted octanol–water partition coefficient (Wildman–Crippen LogP) is 0.531. The molecular weight excluding hydrogens is 180 g/mol. The minimum absolute atomic E-state index is 0.0192. The maximum absolute atomic E-state index is 8.96. The molecular formula is C9H12N4O. The number of aliphatic hydroxyl groups excluding tert-OH is 1. The second-order valence-corrected chi connectivity index (χ2v) is 2.83. The van der Waals surface area contributed by atoms with Gasteiger partial charge in [0.05, 0.1) is 18.8 Å². The van der Waals surface area contributed by atoms with Crippen LogP contribution in [0.3, 0.4) is 0 Å². The van der Waals surface area contributed by atoms with Crippen LogP contribution in [-0.2, 0) is 0 Å². The summed E-state index contributed by atoms with van der Waals surface area (Å²) in [6.07, 6.45) is 3.58. The van der Waals surface area contributed by atoms with Gasteiger partial charge in [-0.15, -0.1) is 0 Å². The normalized spacial score (nSPS) is 11.8. The van der Waals surface area contributed by atoms with Crippen LogP contribution in [0.1, 0.15) is 18.9 Å². The van der Waals surface area contributed by atoms with Crippen molar-refractivity contribution in [2.45, 2.75) is 19.4 Å². The van der Waals surface area contributed by atoms with Crippen molar-refractivity contribution < 1.29 is 5.11 Å². The standard InChI is InChI=1S/C9H12N4O/c1-2-8(5-14)13-9-7(3-10)4-11-6-12-9/h4,6,8,14H,2,5H2,1H3,(H,11,12,13). The van der Waals surface area contributed by atoms with E-state index in [-0.39, 0.29) is 12.6 Å². The van der Waals surface area contributed by atoms with Gasteiger partial charge < -0.3 is 10.4 Å². The number of hydrogen-bond donors (Lipinski definition) is 2. The van der Waals surface area contributed by atoms with E-state index in [1.807, 2.05) is 13.0 Å². The number of nitrogens with zero attached hydrogens (tertiary/aromatic N) is 3. The highest BCUT2D eigenvalue weighted by atomic mass is 16.3. The smallest absolute Gasteiger partial charge is 0.147 e. The highest BCUT2D eigenvalue weighted by Crippen LogP contribution is 2.10. The Morgan fingerprint density at radius 1 is 1.71 bits per heavy atom. The molecule has 0 saturated heterocycles. The van der Waals surface area contributed by atoms with Crippen LogP contribution in [-0.4, -0.2) is 27.7 Å². The van der Waals surface area contributed by atoms with Crippen molar-refractivity contribution in [3.05, 3.63) is 18.1 Å². The van der Waals surface area contributed by atoms with Crippen molar-refractivity contribution in [1.29, 1.82) is 5.26 Å². The van der Waals surface area contributed by atoms with E-state index >= 15 is 0 Å². The molecule has 2 N–H and O–H groups in total. The van der Waals surface area contributed by atoms with E-state index in [1.165, 1.54) is 12.5 Å². The van der Waals surface area contributed by atoms with Crippen molar-refractivity contribution in [1.82, 2.24) is 9.97 Å². The summed E-state index contributed by atoms with van der Waals surface area (Å²) < 4.78 is 0. The van der Waals surface area contributed by atoms with Crippen molar-refractivity contribution in [2.75, 3.05) is 11.9 Å². The van der Waals surface area contributed by atoms with Crippen molar-refractivity contribution in [3.8, 4) is 6.07 Å². The monoisotopic (exact) mass is 192 g/mol. The summed E-state index contributed by atoms with van der Waals surface area (Å²) in [6, 6.07) is 1.91. The molecule has 1 rings (SSSR count). The van der Waals surface area contributed by atoms with Gasteiger partial charge in [0.25, 0.3) is 0 Å². The Bertz CT molecular complexity index is 330. The molecule has 1 heterocycles. The maximum Gasteiger partial charge on any atom is 0.147 e. The van der Waals surface area contributed by atoms with Gasteiger partial charge in [0, 0.05) is 0 Å². The van der Waals surface area contributed by atoms with Gasteiger partial charge in [-0.2, -0.15) is 5.26 Å². The first-order valence-electron chi connectivity index (χ1n) is 4.39. The third-order valence-electron chi connectivity index (χ3n) is 1.89. The number of nitriles is 1. The summed E-state index contributed by atoms with van der Waals surface area (Å²) in [5.74, 6) is 0.475. The van der Waals surface area contributed by atoms with Crippen LogP contribution >= 0.6 is 0 Å². The molecule has 1 unspecified atom stereocenters. The molecule has 0 aromatic carbocycles. The van der Waals surface area contributed by atoms with Crippen LogP contribution < -0.4 is 5.32 Å². The molecule has 1 aromatic heterocycles. The van der Waals surface area contributed by atoms with Gasteiger partial charge in [-0.25, -0.2) is 9.97 Å². The lowest BCUT2D eigenvalue weighted by atomic mass is 10.2. The summed E-state index contributed by atoms with van der Waals surface area (Å²) in [5, 5.41) is 20.7. The topological polar surface area (TPSA) is 81.8 Å². The van der Waals surface area contributed by atoms with E-state index in [9.17, 15) is 0 Å². The molecule has 1 atom stereocenters. The molecule has 0 spiro atoms. The molecule has 0 aliphatic rings. The van der Waals surface area contributed by atoms with Crippen LogP contribution in [0.4, 0.5) is 5.82 Å². The molecule has 5 heteroatoms. The average molecular weight is 192 g/mol. The first kappa shape index (κ1) is 10.4. The first-order valence-corrected chi connectivity index (χ1v) is 4.39. The highest BCUT2D eigenvalue weighted by Gasteiger charge is 2.08. The molecule has 0 amide bonds. The first-order chi connectivity index (χ1) is 6.81. The average Bonchev–Trinajstić information content (AvgIpc) is 2.26. The zero-order chi connectivity index (χ0) is 10.4. The van der Waals surface area contributed by atoms with Crippen molar-refractivity contribution in [3.63, 3.8) is 0 Å².